The third-order valence-electron chi connectivity index (χ3n) is 21.2. The predicted molar refractivity (Wildman–Crippen MR) is 453 cm³/mol. The average Bonchev–Trinajstić information content (AvgIpc) is 1.61. The molecular formula is C84H107N17O26S. The number of fused-ring (bicyclic) bond motifs is 13. The van der Waals surface area contributed by atoms with Gasteiger partial charge in [-0.3, -0.25) is 86.3 Å². The number of nitrogens with one attached hydrogen (secondary N) is 15. The summed E-state index contributed by atoms with van der Waals surface area (Å²) in [5.41, 5.74) is 7.49. The Balaban J connectivity index is 1.26. The van der Waals surface area contributed by atoms with Crippen LogP contribution in [0.25, 0.3) is 10.9 Å². The van der Waals surface area contributed by atoms with Gasteiger partial charge >= 0.3 is 17.9 Å². The lowest BCUT2D eigenvalue weighted by Crippen LogP contribution is -2.62. The molecule has 3 fully saturated rings. The number of aliphatic hydroxyl groups excluding tert-OH is 1. The number of hydrogen-bond donors (Lipinski definition) is 21. The Labute approximate surface area is 737 Å². The second-order valence-electron chi connectivity index (χ2n) is 30.9. The van der Waals surface area contributed by atoms with Crippen molar-refractivity contribution >= 4 is 135 Å². The van der Waals surface area contributed by atoms with Crippen LogP contribution in [0.2, 0.25) is 0 Å². The number of amides is 16. The summed E-state index contributed by atoms with van der Waals surface area (Å²) in [6.07, 6.45) is -6.09. The maximum atomic E-state index is 15.6. The van der Waals surface area contributed by atoms with Crippen LogP contribution in [0.1, 0.15) is 113 Å². The van der Waals surface area contributed by atoms with Crippen LogP contribution in [-0.4, -0.2) is 278 Å². The number of carboxylic acid groups (broad SMARTS) is 1. The Morgan fingerprint density at radius 3 is 1.81 bits per heavy atom. The molecule has 8 rings (SSSR count). The molecule has 1 aromatic heterocycles. The first kappa shape index (κ1) is 99.5. The van der Waals surface area contributed by atoms with Crippen molar-refractivity contribution in [3.05, 3.63) is 126 Å². The van der Waals surface area contributed by atoms with Gasteiger partial charge in [0, 0.05) is 75.6 Å². The Bertz CT molecular complexity index is 4860. The van der Waals surface area contributed by atoms with Crippen LogP contribution in [-0.2, 0) is 126 Å². The van der Waals surface area contributed by atoms with Crippen LogP contribution in [0.5, 0.6) is 17.2 Å². The highest BCUT2D eigenvalue weighted by atomic mass is 32.2. The van der Waals surface area contributed by atoms with E-state index in [9.17, 15) is 78.3 Å². The fourth-order valence-electron chi connectivity index (χ4n) is 14.4. The molecule has 3 aliphatic rings. The molecule has 44 heteroatoms. The van der Waals surface area contributed by atoms with Crippen LogP contribution in [0.15, 0.2) is 103 Å². The van der Waals surface area contributed by atoms with Crippen molar-refractivity contribution in [2.75, 3.05) is 45.4 Å². The minimum absolute atomic E-state index is 0.0292. The van der Waals surface area contributed by atoms with Gasteiger partial charge in [0.25, 0.3) is 0 Å². The summed E-state index contributed by atoms with van der Waals surface area (Å²) in [5.74, 6) is -22.9. The monoisotopic (exact) mass is 1800 g/mol. The maximum absolute atomic E-state index is 15.6. The number of primary amides is 1. The minimum atomic E-state index is -2.36. The fraction of sp³-hybridized carbons (Fsp3) is 0.464. The number of thioether (sulfide) groups is 1. The van der Waals surface area contributed by atoms with Gasteiger partial charge in [0.05, 0.1) is 33.1 Å². The second-order valence-corrected chi connectivity index (χ2v) is 31.8. The number of benzene rings is 4. The topological polar surface area (TPSA) is 657 Å². The number of esters is 2. The Morgan fingerprint density at radius 2 is 1.18 bits per heavy atom. The molecule has 43 nitrogen and oxygen atoms in total. The number of H-pyrrole nitrogens is 1. The number of ether oxygens (including phenoxy) is 2. The lowest BCUT2D eigenvalue weighted by molar-refractivity contribution is -0.154. The van der Waals surface area contributed by atoms with Crippen molar-refractivity contribution in [3.63, 3.8) is 0 Å². The van der Waals surface area contributed by atoms with E-state index in [1.807, 2.05) is 0 Å². The summed E-state index contributed by atoms with van der Waals surface area (Å²) >= 11 is 1.16. The first-order valence-electron chi connectivity index (χ1n) is 41.2. The highest BCUT2D eigenvalue weighted by Gasteiger charge is 2.44. The maximum Gasteiger partial charge on any atom is 0.326 e. The van der Waals surface area contributed by atoms with Crippen molar-refractivity contribution in [2.45, 2.75) is 201 Å². The van der Waals surface area contributed by atoms with E-state index in [2.05, 4.69) is 79.4 Å². The van der Waals surface area contributed by atoms with E-state index in [1.165, 1.54) is 79.0 Å². The van der Waals surface area contributed by atoms with E-state index in [1.54, 1.807) is 30.5 Å². The number of aromatic nitrogens is 1. The van der Waals surface area contributed by atoms with Gasteiger partial charge in [-0.05, 0) is 135 Å². The molecule has 3 saturated heterocycles. The van der Waals surface area contributed by atoms with Crippen molar-refractivity contribution in [2.24, 2.45) is 5.73 Å². The largest absolute Gasteiger partial charge is 0.508 e. The average molecular weight is 1800 g/mol. The number of carbonyl (C=O) groups excluding carboxylic acids is 18. The highest BCUT2D eigenvalue weighted by Crippen LogP contribution is 2.25. The molecule has 14 atom stereocenters. The standard InChI is InChI=1S/C84H107N17O26S/c1-43-71(100-79(119)60(38-66(85)107)90-68(109)41-88-72(112)58(89-44(2)103)34-45-14-20-49(104)21-15-45)82(122)94-57(30-33-128-4)76(116)91-54-12-7-8-31-86-67(108)28-26-55(75(115)98-63(84(124)125)36-47-18-24-51(106)25-19-47)92-74(114)56(27-29-69(110)126-3)93-77(117)59(37-48-40-87-53-11-6-5-10-52(48)53)95-78(118)61(39-70(111)127-43)96-80(120)64(42-102)99-81(121)65-13-9-32-101(65)83(123)62(97-73(54)113)35-46-16-22-50(105)23-17-46/h5-6,10-11,14-25,40,43,54-65,71,87,102,104-106H,7-9,12-13,26-39,41-42H2,1-4H3,(H2,85,107)(H,86,108)(H,88,112)(H,89,103)(H,90,109)(H,91,116)(H,92,114)(H,93,117)(H,94,122)(H,95,118)(H,96,120)(H,97,113)(H,98,115)(H,99,121)(H,100,119)(H,124,125)/t43-,54+,55-,56+,57+,58+,59+,60+,61?,62+,63+,64+,65+,71+/m1/s1. The summed E-state index contributed by atoms with van der Waals surface area (Å²) in [6.45, 7) is -0.479. The number of aromatic hydroxyl groups is 3. The van der Waals surface area contributed by atoms with E-state index in [0.717, 1.165) is 37.6 Å². The third-order valence-corrected chi connectivity index (χ3v) is 21.8. The summed E-state index contributed by atoms with van der Waals surface area (Å²) in [5, 5.41) is 86.4. The zero-order chi connectivity index (χ0) is 93.4. The van der Waals surface area contributed by atoms with Gasteiger partial charge in [0.15, 0.2) is 0 Å². The van der Waals surface area contributed by atoms with Crippen LogP contribution in [0, 0.1) is 0 Å². The third kappa shape index (κ3) is 30.4. The zero-order valence-corrected chi connectivity index (χ0v) is 71.3. The lowest BCUT2D eigenvalue weighted by atomic mass is 10.0. The Hall–Kier alpha value is -13.9. The first-order chi connectivity index (χ1) is 61.0. The lowest BCUT2D eigenvalue weighted by Gasteiger charge is -2.31. The molecule has 128 heavy (non-hydrogen) atoms. The molecule has 2 bridgehead atoms. The number of para-hydroxylation sites is 1. The second kappa shape index (κ2) is 48.5. The van der Waals surface area contributed by atoms with Crippen LogP contribution in [0.3, 0.4) is 0 Å². The number of nitrogens with zero attached hydrogens (tertiary/aromatic N) is 1. The van der Waals surface area contributed by atoms with E-state index in [4.69, 9.17) is 15.2 Å². The molecule has 16 amide bonds. The Kier molecular flexibility index (Phi) is 37.7. The van der Waals surface area contributed by atoms with Crippen molar-refractivity contribution < 1.29 is 126 Å². The molecule has 1 unspecified atom stereocenters. The van der Waals surface area contributed by atoms with E-state index < -0.39 is 255 Å². The van der Waals surface area contributed by atoms with E-state index in [-0.39, 0.29) is 99.4 Å². The van der Waals surface area contributed by atoms with Gasteiger partial charge in [0.2, 0.25) is 94.5 Å². The van der Waals surface area contributed by atoms with E-state index in [0.29, 0.717) is 27.6 Å². The number of aliphatic hydroxyl groups is 1. The summed E-state index contributed by atoms with van der Waals surface area (Å²) in [4.78, 5) is 278. The molecule has 22 N–H and O–H groups in total. The number of carbonyl (C=O) groups is 19. The summed E-state index contributed by atoms with van der Waals surface area (Å²) < 4.78 is 10.7. The van der Waals surface area contributed by atoms with Gasteiger partial charge in [-0.15, -0.1) is 0 Å². The number of phenols is 3. The molecule has 4 heterocycles. The van der Waals surface area contributed by atoms with Crippen molar-refractivity contribution in [3.8, 4) is 17.2 Å². The molecule has 5 aromatic rings. The number of phenolic OH excluding ortho intramolecular Hbond substituents is 3. The number of nitrogens with two attached hydrogens (primary N) is 1. The summed E-state index contributed by atoms with van der Waals surface area (Å²) in [7, 11) is 1.01. The molecule has 690 valence electrons. The van der Waals surface area contributed by atoms with Crippen LogP contribution in [0.4, 0.5) is 0 Å². The Morgan fingerprint density at radius 1 is 0.602 bits per heavy atom. The highest BCUT2D eigenvalue weighted by molar-refractivity contribution is 7.98. The normalized spacial score (nSPS) is 22.6. The van der Waals surface area contributed by atoms with Gasteiger partial charge < -0.3 is 125 Å². The van der Waals surface area contributed by atoms with Gasteiger partial charge in [-0.2, -0.15) is 11.8 Å². The number of carboxylic acids is 1. The van der Waals surface area contributed by atoms with Crippen LogP contribution >= 0.6 is 11.8 Å². The molecule has 0 aliphatic carbocycles. The molecular weight excluding hydrogens is 1700 g/mol. The molecule has 0 radical (unpaired) electrons. The number of rotatable bonds is 27. The van der Waals surface area contributed by atoms with Gasteiger partial charge in [0.1, 0.15) is 102 Å². The summed E-state index contributed by atoms with van der Waals surface area (Å²) in [6, 6.07) is -1.34. The SMILES string of the molecule is COC(=O)CC[C@@H]1NC(=O)[C@H](Cc2c[nH]c3ccccc23)NC(=O)C2CC(=O)O[C@H](C)[C@H](NC(=O)[C@H](CC(N)=O)NC(=O)CNC(=O)[C@H](Cc3ccc(O)cc3)NC(C)=O)C(=O)N[C@@H](CCSC)C(=O)N[C@@H](CCCCNC(=O)CC[C@H](C(=O)N[C@@H](Cc3ccc(O)cc3)C(=O)O)NC1=O)C(=O)N[C@@H](Cc1ccc(O)cc1)C(=O)N1CCC[C@H]1C(=O)N[C@@H](CO)C(=O)N2. The number of methoxy groups -OCH3 is 1. The minimum Gasteiger partial charge on any atom is -0.508 e. The van der Waals surface area contributed by atoms with Gasteiger partial charge in [-0.25, -0.2) is 4.79 Å². The van der Waals surface area contributed by atoms with Gasteiger partial charge in [-0.1, -0.05) is 54.6 Å². The predicted octanol–water partition coefficient (Wildman–Crippen LogP) is -4.43. The number of hydrogen-bond acceptors (Lipinski definition) is 26. The number of aromatic amines is 1. The first-order valence-corrected chi connectivity index (χ1v) is 42.6. The molecule has 4 aromatic carbocycles. The molecule has 3 aliphatic heterocycles. The number of aliphatic carboxylic acids is 1. The zero-order valence-electron chi connectivity index (χ0n) is 70.5. The quantitative estimate of drug-likeness (QED) is 0.0221. The molecule has 0 saturated carbocycles. The molecule has 0 spiro atoms. The van der Waals surface area contributed by atoms with Crippen molar-refractivity contribution in [1.82, 2.24) is 84.3 Å². The van der Waals surface area contributed by atoms with Crippen LogP contribution < -0.4 is 80.2 Å². The van der Waals surface area contributed by atoms with E-state index >= 15 is 38.4 Å². The van der Waals surface area contributed by atoms with Crippen molar-refractivity contribution in [1.29, 1.82) is 0 Å². The smallest absolute Gasteiger partial charge is 0.326 e. The fourth-order valence-corrected chi connectivity index (χ4v) is 14.8.